The molecule has 0 aliphatic rings. The summed E-state index contributed by atoms with van der Waals surface area (Å²) in [6.07, 6.45) is 1.33. The van der Waals surface area contributed by atoms with Gasteiger partial charge in [-0.25, -0.2) is 4.98 Å². The van der Waals surface area contributed by atoms with Crippen molar-refractivity contribution >= 4 is 49.9 Å². The molecule has 0 saturated heterocycles. The number of hydrogen-bond donors (Lipinski definition) is 1. The van der Waals surface area contributed by atoms with Crippen molar-refractivity contribution in [2.45, 2.75) is 20.4 Å². The van der Waals surface area contributed by atoms with Crippen LogP contribution in [0.2, 0.25) is 0 Å². The third kappa shape index (κ3) is 3.81. The Morgan fingerprint density at radius 3 is 2.73 bits per heavy atom. The van der Waals surface area contributed by atoms with E-state index in [4.69, 9.17) is 4.74 Å². The quantitative estimate of drug-likeness (QED) is 0.499. The van der Waals surface area contributed by atoms with Gasteiger partial charge in [0.05, 0.1) is 11.7 Å². The molecule has 0 radical (unpaired) electrons. The molecule has 0 spiro atoms. The molecular weight excluding hydrogens is 402 g/mol. The molecule has 0 fully saturated rings. The van der Waals surface area contributed by atoms with Crippen LogP contribution in [-0.4, -0.2) is 28.0 Å². The molecule has 0 aliphatic heterocycles. The first kappa shape index (κ1) is 19.8. The molecular formula is C22H19N3O4S. The van der Waals surface area contributed by atoms with Crippen LogP contribution < -0.4 is 10.9 Å². The molecule has 0 bridgehead atoms. The summed E-state index contributed by atoms with van der Waals surface area (Å²) in [5, 5.41) is 5.16. The monoisotopic (exact) mass is 421 g/mol. The van der Waals surface area contributed by atoms with Crippen molar-refractivity contribution < 1.29 is 14.3 Å². The Morgan fingerprint density at radius 1 is 1.13 bits per heavy atom. The van der Waals surface area contributed by atoms with Gasteiger partial charge in [0.1, 0.15) is 11.4 Å². The molecule has 0 unspecified atom stereocenters. The van der Waals surface area contributed by atoms with E-state index in [2.05, 4.69) is 10.3 Å². The standard InChI is InChI=1S/C22H19N3O4S/c1-13-14(2)30-21-20(13)22(28)25(12-23-21)10-19(27)29-11-18(26)24-17-9-5-7-15-6-3-4-8-16(15)17/h3-9,12H,10-11H2,1-2H3,(H,24,26). The third-order valence-electron chi connectivity index (χ3n) is 4.88. The van der Waals surface area contributed by atoms with Gasteiger partial charge in [0.15, 0.2) is 6.61 Å². The van der Waals surface area contributed by atoms with Gasteiger partial charge in [0, 0.05) is 16.0 Å². The van der Waals surface area contributed by atoms with Crippen LogP contribution >= 0.6 is 11.3 Å². The minimum atomic E-state index is -0.684. The van der Waals surface area contributed by atoms with Crippen molar-refractivity contribution in [1.29, 1.82) is 0 Å². The number of hydrogen-bond acceptors (Lipinski definition) is 6. The van der Waals surface area contributed by atoms with Gasteiger partial charge in [-0.3, -0.25) is 19.0 Å². The first-order chi connectivity index (χ1) is 14.4. The zero-order valence-electron chi connectivity index (χ0n) is 16.5. The molecule has 2 aromatic heterocycles. The van der Waals surface area contributed by atoms with Crippen LogP contribution in [0.3, 0.4) is 0 Å². The lowest BCUT2D eigenvalue weighted by Gasteiger charge is -2.10. The number of rotatable bonds is 5. The number of anilines is 1. The molecule has 0 aliphatic carbocycles. The highest BCUT2D eigenvalue weighted by atomic mass is 32.1. The van der Waals surface area contributed by atoms with Gasteiger partial charge in [-0.15, -0.1) is 11.3 Å². The normalized spacial score (nSPS) is 11.0. The molecule has 0 saturated carbocycles. The van der Waals surface area contributed by atoms with Gasteiger partial charge in [0.2, 0.25) is 0 Å². The van der Waals surface area contributed by atoms with Crippen molar-refractivity contribution in [3.05, 3.63) is 69.6 Å². The SMILES string of the molecule is Cc1sc2ncn(CC(=O)OCC(=O)Nc3cccc4ccccc34)c(=O)c2c1C. The Balaban J connectivity index is 1.41. The first-order valence-corrected chi connectivity index (χ1v) is 10.1. The largest absolute Gasteiger partial charge is 0.454 e. The van der Waals surface area contributed by atoms with Crippen LogP contribution in [0.1, 0.15) is 10.4 Å². The van der Waals surface area contributed by atoms with Crippen molar-refractivity contribution in [3.8, 4) is 0 Å². The lowest BCUT2D eigenvalue weighted by atomic mass is 10.1. The molecule has 30 heavy (non-hydrogen) atoms. The number of carbonyl (C=O) groups is 2. The first-order valence-electron chi connectivity index (χ1n) is 9.32. The molecule has 1 amide bonds. The van der Waals surface area contributed by atoms with E-state index in [1.807, 2.05) is 50.2 Å². The van der Waals surface area contributed by atoms with Crippen molar-refractivity contribution in [3.63, 3.8) is 0 Å². The molecule has 152 valence electrons. The van der Waals surface area contributed by atoms with Crippen molar-refractivity contribution in [2.24, 2.45) is 0 Å². The van der Waals surface area contributed by atoms with Gasteiger partial charge in [0.25, 0.3) is 11.5 Å². The number of esters is 1. The smallest absolute Gasteiger partial charge is 0.326 e. The van der Waals surface area contributed by atoms with E-state index in [-0.39, 0.29) is 12.1 Å². The zero-order valence-corrected chi connectivity index (χ0v) is 17.3. The zero-order chi connectivity index (χ0) is 21.3. The number of thiophene rings is 1. The van der Waals surface area contributed by atoms with Gasteiger partial charge in [-0.2, -0.15) is 0 Å². The maximum atomic E-state index is 12.6. The maximum Gasteiger partial charge on any atom is 0.326 e. The summed E-state index contributed by atoms with van der Waals surface area (Å²) in [7, 11) is 0. The maximum absolute atomic E-state index is 12.6. The van der Waals surface area contributed by atoms with E-state index in [0.717, 1.165) is 21.2 Å². The summed E-state index contributed by atoms with van der Waals surface area (Å²) in [6, 6.07) is 13.2. The molecule has 0 atom stereocenters. The topological polar surface area (TPSA) is 90.3 Å². The van der Waals surface area contributed by atoms with E-state index >= 15 is 0 Å². The predicted molar refractivity (Wildman–Crippen MR) is 117 cm³/mol. The Bertz CT molecular complexity index is 1330. The Morgan fingerprint density at radius 2 is 1.90 bits per heavy atom. The Labute approximate surface area is 175 Å². The Kier molecular flexibility index (Phi) is 5.33. The second kappa shape index (κ2) is 8.08. The van der Waals surface area contributed by atoms with Gasteiger partial charge >= 0.3 is 5.97 Å². The minimum Gasteiger partial charge on any atom is -0.454 e. The van der Waals surface area contributed by atoms with E-state index in [9.17, 15) is 14.4 Å². The highest BCUT2D eigenvalue weighted by molar-refractivity contribution is 7.18. The average molecular weight is 421 g/mol. The van der Waals surface area contributed by atoms with Gasteiger partial charge in [-0.1, -0.05) is 36.4 Å². The van der Waals surface area contributed by atoms with E-state index in [0.29, 0.717) is 15.9 Å². The van der Waals surface area contributed by atoms with E-state index < -0.39 is 18.5 Å². The third-order valence-corrected chi connectivity index (χ3v) is 6.00. The molecule has 4 rings (SSSR count). The fourth-order valence-corrected chi connectivity index (χ4v) is 4.22. The number of ether oxygens (including phenoxy) is 1. The molecule has 1 N–H and O–H groups in total. The summed E-state index contributed by atoms with van der Waals surface area (Å²) in [4.78, 5) is 43.0. The van der Waals surface area contributed by atoms with Crippen molar-refractivity contribution in [2.75, 3.05) is 11.9 Å². The number of benzene rings is 2. The van der Waals surface area contributed by atoms with E-state index in [1.165, 1.54) is 22.2 Å². The van der Waals surface area contributed by atoms with Crippen LogP contribution in [0, 0.1) is 13.8 Å². The van der Waals surface area contributed by atoms with Crippen LogP contribution in [-0.2, 0) is 20.9 Å². The summed E-state index contributed by atoms with van der Waals surface area (Å²) in [5.41, 5.74) is 1.21. The Hall–Kier alpha value is -3.52. The number of fused-ring (bicyclic) bond motifs is 2. The highest BCUT2D eigenvalue weighted by Crippen LogP contribution is 2.25. The second-order valence-corrected chi connectivity index (χ2v) is 8.08. The van der Waals surface area contributed by atoms with Gasteiger partial charge in [-0.05, 0) is 30.9 Å². The molecule has 8 heteroatoms. The number of carbonyl (C=O) groups excluding carboxylic acids is 2. The fraction of sp³-hybridized carbons (Fsp3) is 0.182. The summed E-state index contributed by atoms with van der Waals surface area (Å²) >= 11 is 1.44. The lowest BCUT2D eigenvalue weighted by molar-refractivity contribution is -0.147. The predicted octanol–water partition coefficient (Wildman–Crippen LogP) is 3.41. The summed E-state index contributed by atoms with van der Waals surface area (Å²) < 4.78 is 6.26. The van der Waals surface area contributed by atoms with E-state index in [1.54, 1.807) is 6.07 Å². The lowest BCUT2D eigenvalue weighted by Crippen LogP contribution is -2.28. The number of aromatic nitrogens is 2. The van der Waals surface area contributed by atoms with Crippen molar-refractivity contribution in [1.82, 2.24) is 9.55 Å². The minimum absolute atomic E-state index is 0.293. The fourth-order valence-electron chi connectivity index (χ4n) is 3.23. The van der Waals surface area contributed by atoms with Gasteiger partial charge < -0.3 is 10.1 Å². The molecule has 2 aromatic carbocycles. The van der Waals surface area contributed by atoms with Crippen LogP contribution in [0.4, 0.5) is 5.69 Å². The number of nitrogens with one attached hydrogen (secondary N) is 1. The highest BCUT2D eigenvalue weighted by Gasteiger charge is 2.15. The summed E-state index contributed by atoms with van der Waals surface area (Å²) in [6.45, 7) is 3.03. The average Bonchev–Trinajstić information content (AvgIpc) is 3.03. The number of amides is 1. The molecule has 2 heterocycles. The number of nitrogens with zero attached hydrogens (tertiary/aromatic N) is 2. The molecule has 4 aromatic rings. The summed E-state index contributed by atoms with van der Waals surface area (Å²) in [5.74, 6) is -1.14. The van der Waals surface area contributed by atoms with Crippen LogP contribution in [0.25, 0.3) is 21.0 Å². The van der Waals surface area contributed by atoms with Crippen LogP contribution in [0.5, 0.6) is 0 Å². The van der Waals surface area contributed by atoms with Crippen LogP contribution in [0.15, 0.2) is 53.6 Å². The molecule has 7 nitrogen and oxygen atoms in total. The second-order valence-electron chi connectivity index (χ2n) is 6.88. The number of aryl methyl sites for hydroxylation is 2.